The van der Waals surface area contributed by atoms with Crippen LogP contribution in [-0.4, -0.2) is 15.0 Å². The summed E-state index contributed by atoms with van der Waals surface area (Å²) < 4.78 is 6.32. The lowest BCUT2D eigenvalue weighted by atomic mass is 9.94. The Kier molecular flexibility index (Phi) is 5.56. The van der Waals surface area contributed by atoms with E-state index in [2.05, 4.69) is 115 Å². The Morgan fingerprint density at radius 2 is 1.41 bits per heavy atom. The van der Waals surface area contributed by atoms with E-state index in [0.717, 1.165) is 61.8 Å². The van der Waals surface area contributed by atoms with Crippen LogP contribution in [0.5, 0.6) is 0 Å². The Hall–Kier alpha value is -5.35. The summed E-state index contributed by atoms with van der Waals surface area (Å²) in [4.78, 5) is 15.4. The van der Waals surface area contributed by atoms with Crippen molar-refractivity contribution >= 4 is 32.7 Å². The van der Waals surface area contributed by atoms with Gasteiger partial charge >= 0.3 is 0 Å². The van der Waals surface area contributed by atoms with E-state index in [9.17, 15) is 0 Å². The molecule has 194 valence electrons. The quantitative estimate of drug-likeness (QED) is 0.229. The highest BCUT2D eigenvalue weighted by molar-refractivity contribution is 6.15. The lowest BCUT2D eigenvalue weighted by molar-refractivity contribution is 0.669. The number of para-hydroxylation sites is 1. The number of aromatic nitrogens is 3. The van der Waals surface area contributed by atoms with Gasteiger partial charge in [0.2, 0.25) is 0 Å². The van der Waals surface area contributed by atoms with E-state index >= 15 is 0 Å². The fraction of sp³-hybridized carbons (Fsp3) is 0.0541. The topological polar surface area (TPSA) is 51.8 Å². The van der Waals surface area contributed by atoms with E-state index < -0.39 is 0 Å². The molecule has 0 radical (unpaired) electrons. The summed E-state index contributed by atoms with van der Waals surface area (Å²) in [6, 6.07) is 37.6. The minimum absolute atomic E-state index is 0.0708. The Morgan fingerprint density at radius 3 is 2.29 bits per heavy atom. The lowest BCUT2D eigenvalue weighted by Gasteiger charge is -2.16. The third-order valence-electron chi connectivity index (χ3n) is 7.82. The van der Waals surface area contributed by atoms with E-state index in [1.165, 1.54) is 5.39 Å². The van der Waals surface area contributed by atoms with E-state index in [-0.39, 0.29) is 5.92 Å². The van der Waals surface area contributed by atoms with Crippen molar-refractivity contribution in [3.8, 4) is 33.9 Å². The first-order valence-corrected chi connectivity index (χ1v) is 13.9. The number of benzene rings is 5. The van der Waals surface area contributed by atoms with Gasteiger partial charge in [0, 0.05) is 27.8 Å². The van der Waals surface area contributed by atoms with Crippen LogP contribution < -0.4 is 0 Å². The first-order valence-electron chi connectivity index (χ1n) is 13.9. The van der Waals surface area contributed by atoms with Crippen LogP contribution in [-0.2, 0) is 0 Å². The van der Waals surface area contributed by atoms with Crippen molar-refractivity contribution < 1.29 is 4.42 Å². The van der Waals surface area contributed by atoms with Gasteiger partial charge in [-0.1, -0.05) is 109 Å². The summed E-state index contributed by atoms with van der Waals surface area (Å²) in [5.41, 5.74) is 5.75. The van der Waals surface area contributed by atoms with Gasteiger partial charge < -0.3 is 4.42 Å². The molecular formula is C37H25N3O. The van der Waals surface area contributed by atoms with Crippen LogP contribution in [0, 0.1) is 0 Å². The molecular weight excluding hydrogens is 502 g/mol. The monoisotopic (exact) mass is 527 g/mol. The van der Waals surface area contributed by atoms with E-state index in [4.69, 9.17) is 19.4 Å². The summed E-state index contributed by atoms with van der Waals surface area (Å²) in [6.07, 6.45) is 9.35. The lowest BCUT2D eigenvalue weighted by Crippen LogP contribution is -2.08. The molecule has 0 bridgehead atoms. The number of furan rings is 1. The first kappa shape index (κ1) is 23.5. The molecule has 4 nitrogen and oxygen atoms in total. The Bertz CT molecular complexity index is 2140. The molecule has 8 rings (SSSR count). The molecule has 1 aliphatic carbocycles. The maximum absolute atomic E-state index is 6.32. The first-order chi connectivity index (χ1) is 20.3. The number of hydrogen-bond donors (Lipinski definition) is 0. The minimum Gasteiger partial charge on any atom is -0.456 e. The molecule has 5 aromatic carbocycles. The molecule has 4 heteroatoms. The molecule has 0 fully saturated rings. The average molecular weight is 528 g/mol. The highest BCUT2D eigenvalue weighted by Gasteiger charge is 2.23. The summed E-state index contributed by atoms with van der Waals surface area (Å²) in [6.45, 7) is 0. The SMILES string of the molecule is C1=CCC(c2nc(-c3ccc4ccccc4c3)nc(-c3c(-c4ccccc4)ccc4oc5ccccc5c34)n2)C=C1. The zero-order valence-electron chi connectivity index (χ0n) is 22.2. The number of rotatable bonds is 4. The fourth-order valence-corrected chi connectivity index (χ4v) is 5.81. The molecule has 0 N–H and O–H groups in total. The molecule has 0 aliphatic heterocycles. The van der Waals surface area contributed by atoms with Crippen LogP contribution in [0.4, 0.5) is 0 Å². The van der Waals surface area contributed by atoms with Gasteiger partial charge in [0.25, 0.3) is 0 Å². The van der Waals surface area contributed by atoms with Gasteiger partial charge in [0.15, 0.2) is 11.6 Å². The molecule has 2 aromatic heterocycles. The molecule has 1 unspecified atom stereocenters. The third kappa shape index (κ3) is 4.12. The van der Waals surface area contributed by atoms with Crippen LogP contribution in [0.3, 0.4) is 0 Å². The molecule has 0 saturated heterocycles. The van der Waals surface area contributed by atoms with Gasteiger partial charge in [0.1, 0.15) is 17.0 Å². The second-order valence-corrected chi connectivity index (χ2v) is 10.4. The maximum atomic E-state index is 6.32. The van der Waals surface area contributed by atoms with Crippen LogP contribution in [0.25, 0.3) is 66.6 Å². The van der Waals surface area contributed by atoms with Crippen molar-refractivity contribution in [3.63, 3.8) is 0 Å². The zero-order chi connectivity index (χ0) is 27.2. The fourth-order valence-electron chi connectivity index (χ4n) is 5.81. The summed E-state index contributed by atoms with van der Waals surface area (Å²) in [7, 11) is 0. The van der Waals surface area contributed by atoms with E-state index in [1.54, 1.807) is 0 Å². The molecule has 7 aromatic rings. The number of hydrogen-bond acceptors (Lipinski definition) is 4. The number of fused-ring (bicyclic) bond motifs is 4. The predicted octanol–water partition coefficient (Wildman–Crippen LogP) is 9.52. The van der Waals surface area contributed by atoms with Crippen molar-refractivity contribution in [1.29, 1.82) is 0 Å². The predicted molar refractivity (Wildman–Crippen MR) is 167 cm³/mol. The Morgan fingerprint density at radius 1 is 0.610 bits per heavy atom. The second kappa shape index (κ2) is 9.68. The zero-order valence-corrected chi connectivity index (χ0v) is 22.2. The van der Waals surface area contributed by atoms with Crippen molar-refractivity contribution in [2.24, 2.45) is 0 Å². The normalized spacial score (nSPS) is 14.8. The number of allylic oxidation sites excluding steroid dienone is 4. The van der Waals surface area contributed by atoms with Crippen LogP contribution in [0.1, 0.15) is 18.2 Å². The minimum atomic E-state index is 0.0708. The smallest absolute Gasteiger partial charge is 0.165 e. The largest absolute Gasteiger partial charge is 0.456 e. The van der Waals surface area contributed by atoms with Crippen molar-refractivity contribution in [2.75, 3.05) is 0 Å². The highest BCUT2D eigenvalue weighted by Crippen LogP contribution is 2.42. The van der Waals surface area contributed by atoms with Gasteiger partial charge in [-0.3, -0.25) is 0 Å². The molecule has 2 heterocycles. The third-order valence-corrected chi connectivity index (χ3v) is 7.82. The van der Waals surface area contributed by atoms with Gasteiger partial charge in [0.05, 0.1) is 0 Å². The van der Waals surface area contributed by atoms with Crippen LogP contribution in [0.15, 0.2) is 138 Å². The summed E-state index contributed by atoms with van der Waals surface area (Å²) in [5.74, 6) is 2.16. The Labute approximate surface area is 237 Å². The van der Waals surface area contributed by atoms with Crippen LogP contribution >= 0.6 is 0 Å². The number of nitrogens with zero attached hydrogens (tertiary/aromatic N) is 3. The van der Waals surface area contributed by atoms with Gasteiger partial charge in [-0.2, -0.15) is 0 Å². The van der Waals surface area contributed by atoms with Gasteiger partial charge in [-0.25, -0.2) is 15.0 Å². The molecule has 0 saturated carbocycles. The maximum Gasteiger partial charge on any atom is 0.165 e. The molecule has 1 atom stereocenters. The molecule has 41 heavy (non-hydrogen) atoms. The van der Waals surface area contributed by atoms with E-state index in [0.29, 0.717) is 11.6 Å². The van der Waals surface area contributed by atoms with Crippen molar-refractivity contribution in [2.45, 2.75) is 12.3 Å². The second-order valence-electron chi connectivity index (χ2n) is 10.4. The Balaban J connectivity index is 1.45. The van der Waals surface area contributed by atoms with E-state index in [1.807, 2.05) is 18.2 Å². The van der Waals surface area contributed by atoms with Gasteiger partial charge in [-0.15, -0.1) is 0 Å². The molecule has 0 amide bonds. The highest BCUT2D eigenvalue weighted by atomic mass is 16.3. The van der Waals surface area contributed by atoms with Crippen LogP contribution in [0.2, 0.25) is 0 Å². The van der Waals surface area contributed by atoms with Gasteiger partial charge in [-0.05, 0) is 52.6 Å². The van der Waals surface area contributed by atoms with Crippen molar-refractivity contribution in [3.05, 3.63) is 139 Å². The molecule has 0 spiro atoms. The standard InChI is InChI=1S/C37H25N3O/c1-3-12-25(13-4-1)29-21-22-32-33(30-17-9-10-18-31(30)41-32)34(29)37-39-35(26-14-5-2-6-15-26)38-36(40-37)28-20-19-24-11-7-8-16-27(24)23-28/h1-14,16-23,26H,15H2. The van der Waals surface area contributed by atoms with Crippen molar-refractivity contribution in [1.82, 2.24) is 15.0 Å². The average Bonchev–Trinajstić information content (AvgIpc) is 3.43. The molecule has 1 aliphatic rings. The summed E-state index contributed by atoms with van der Waals surface area (Å²) in [5, 5.41) is 4.40. The summed E-state index contributed by atoms with van der Waals surface area (Å²) >= 11 is 0.